The van der Waals surface area contributed by atoms with Gasteiger partial charge in [-0.1, -0.05) is 42.5 Å². The Hall–Kier alpha value is -4.91. The molecule has 2 aliphatic carbocycles. The van der Waals surface area contributed by atoms with Gasteiger partial charge < -0.3 is 49.6 Å². The molecule has 9 N–H and O–H groups in total. The monoisotopic (exact) mass is 769 g/mol. The molecule has 3 aromatic rings. The molecule has 1 spiro atoms. The Morgan fingerprint density at radius 1 is 0.911 bits per heavy atom. The van der Waals surface area contributed by atoms with Gasteiger partial charge in [0.05, 0.1) is 25.1 Å². The minimum absolute atomic E-state index is 0.0286. The lowest BCUT2D eigenvalue weighted by Crippen LogP contribution is -2.70. The van der Waals surface area contributed by atoms with Crippen molar-refractivity contribution >= 4 is 23.2 Å². The maximum Gasteiger partial charge on any atom is 0.242 e. The van der Waals surface area contributed by atoms with Crippen molar-refractivity contribution in [1.82, 2.24) is 16.0 Å². The second-order valence-corrected chi connectivity index (χ2v) is 15.0. The molecule has 2 bridgehead atoms. The molecular formula is C40H43N5O11. The van der Waals surface area contributed by atoms with Crippen molar-refractivity contribution in [2.24, 2.45) is 5.73 Å². The van der Waals surface area contributed by atoms with E-state index >= 15 is 0 Å². The van der Waals surface area contributed by atoms with Crippen LogP contribution in [0.3, 0.4) is 0 Å². The van der Waals surface area contributed by atoms with Gasteiger partial charge in [0.1, 0.15) is 55.1 Å². The highest BCUT2D eigenvalue weighted by atomic mass is 16.7. The second kappa shape index (κ2) is 14.2. The zero-order valence-electron chi connectivity index (χ0n) is 30.2. The average molecular weight is 770 g/mol. The van der Waals surface area contributed by atoms with E-state index in [1.165, 1.54) is 6.26 Å². The van der Waals surface area contributed by atoms with Crippen molar-refractivity contribution in [3.8, 4) is 11.5 Å². The van der Waals surface area contributed by atoms with E-state index in [9.17, 15) is 34.8 Å². The SMILES string of the molecule is NC1NC(=O)C2NCN(c3ccccc3C3C=COC4(CCCC4)C4OC(Oc5c3cc3c(c5OCCO)C(=O)c5ccccc5C3=O)C(O)C(O)C4O)C2N1. The number of nitrogens with two attached hydrogens (primary N) is 1. The zero-order valence-corrected chi connectivity index (χ0v) is 30.2. The number of carbonyl (C=O) groups excluding carboxylic acids is 3. The number of nitrogens with zero attached hydrogens (tertiary/aromatic N) is 1. The average Bonchev–Trinajstić information content (AvgIpc) is 3.86. The third-order valence-electron chi connectivity index (χ3n) is 11.8. The lowest BCUT2D eigenvalue weighted by Gasteiger charge is -2.47. The minimum atomic E-state index is -1.77. The third kappa shape index (κ3) is 5.78. The van der Waals surface area contributed by atoms with Crippen LogP contribution in [0.15, 0.2) is 66.9 Å². The summed E-state index contributed by atoms with van der Waals surface area (Å²) in [5.41, 5.74) is 6.97. The number of carbonyl (C=O) groups is 3. The summed E-state index contributed by atoms with van der Waals surface area (Å²) in [4.78, 5) is 43.7. The summed E-state index contributed by atoms with van der Waals surface area (Å²) in [6, 6.07) is 14.8. The largest absolute Gasteiger partial charge is 0.492 e. The maximum atomic E-state index is 14.4. The van der Waals surface area contributed by atoms with E-state index in [1.54, 1.807) is 36.4 Å². The molecule has 1 saturated carbocycles. The summed E-state index contributed by atoms with van der Waals surface area (Å²) >= 11 is 0. The summed E-state index contributed by atoms with van der Waals surface area (Å²) in [6.07, 6.45) is -3.38. The number of para-hydroxylation sites is 1. The molecule has 9 unspecified atom stereocenters. The summed E-state index contributed by atoms with van der Waals surface area (Å²) in [5, 5.41) is 53.2. The minimum Gasteiger partial charge on any atom is -0.492 e. The number of hydrogen-bond acceptors (Lipinski definition) is 15. The molecule has 56 heavy (non-hydrogen) atoms. The van der Waals surface area contributed by atoms with Crippen LogP contribution in [0.4, 0.5) is 5.69 Å². The van der Waals surface area contributed by atoms with Crippen LogP contribution in [0.25, 0.3) is 0 Å². The number of hydrogen-bond donors (Lipinski definition) is 8. The van der Waals surface area contributed by atoms with E-state index < -0.39 is 78.9 Å². The first kappa shape index (κ1) is 36.7. The Balaban J connectivity index is 1.29. The van der Waals surface area contributed by atoms with Gasteiger partial charge in [0.25, 0.3) is 0 Å². The number of anilines is 1. The first-order valence-corrected chi connectivity index (χ1v) is 18.9. The molecule has 16 nitrogen and oxygen atoms in total. The van der Waals surface area contributed by atoms with Gasteiger partial charge in [-0.25, -0.2) is 0 Å². The van der Waals surface area contributed by atoms with E-state index in [4.69, 9.17) is 24.7 Å². The number of aliphatic hydroxyl groups is 4. The van der Waals surface area contributed by atoms with Crippen LogP contribution < -0.4 is 36.1 Å². The van der Waals surface area contributed by atoms with E-state index in [1.807, 2.05) is 29.2 Å². The Kier molecular flexibility index (Phi) is 9.33. The highest BCUT2D eigenvalue weighted by molar-refractivity contribution is 6.29. The van der Waals surface area contributed by atoms with Crippen LogP contribution in [0.1, 0.15) is 74.6 Å². The Morgan fingerprint density at radius 3 is 2.41 bits per heavy atom. The smallest absolute Gasteiger partial charge is 0.242 e. The molecule has 4 heterocycles. The number of ether oxygens (including phenoxy) is 4. The van der Waals surface area contributed by atoms with Gasteiger partial charge in [-0.2, -0.15) is 0 Å². The standard InChI is InChI=1S/C40H43N5O11/c41-39-43-36-27(37(52)44-39)42-18-45(36)25-10-4-3-7-20(25)19-11-15-54-40(12-5-6-13-40)35-31(50)30(49)32(51)38(56-35)55-33-23(19)17-24-26(34(33)53-16-14-46)29(48)22-9-2-1-8-21(22)28(24)47/h1-4,7-11,15,17,19,27,30-32,35-36,38-39,42-43,46,49-51H,5-6,12-14,16,18,41H2,(H,44,52). The first-order chi connectivity index (χ1) is 27.1. The van der Waals surface area contributed by atoms with Crippen LogP contribution in [-0.4, -0.2) is 113 Å². The number of ketones is 2. The van der Waals surface area contributed by atoms with Crippen LogP contribution in [0.5, 0.6) is 11.5 Å². The second-order valence-electron chi connectivity index (χ2n) is 15.0. The normalized spacial score (nSPS) is 31.6. The molecule has 0 radical (unpaired) electrons. The summed E-state index contributed by atoms with van der Waals surface area (Å²) in [7, 11) is 0. The van der Waals surface area contributed by atoms with E-state index in [0.717, 1.165) is 12.8 Å². The summed E-state index contributed by atoms with van der Waals surface area (Å²) < 4.78 is 25.7. The van der Waals surface area contributed by atoms with Gasteiger partial charge in [-0.05, 0) is 49.5 Å². The number of benzene rings is 3. The lowest BCUT2D eigenvalue weighted by atomic mass is 9.79. The van der Waals surface area contributed by atoms with E-state index in [-0.39, 0.29) is 52.9 Å². The highest BCUT2D eigenvalue weighted by Gasteiger charge is 2.56. The lowest BCUT2D eigenvalue weighted by molar-refractivity contribution is -0.304. The Bertz CT molecular complexity index is 2110. The van der Waals surface area contributed by atoms with Gasteiger partial charge in [0.15, 0.2) is 23.1 Å². The molecular weight excluding hydrogens is 726 g/mol. The molecule has 3 aromatic carbocycles. The molecule has 294 valence electrons. The highest BCUT2D eigenvalue weighted by Crippen LogP contribution is 2.50. The number of allylic oxidation sites excluding steroid dienone is 1. The molecule has 6 aliphatic rings. The molecule has 3 saturated heterocycles. The number of amides is 1. The number of aliphatic hydroxyl groups excluding tert-OH is 4. The maximum absolute atomic E-state index is 14.4. The predicted molar refractivity (Wildman–Crippen MR) is 197 cm³/mol. The summed E-state index contributed by atoms with van der Waals surface area (Å²) in [5.74, 6) is -2.32. The fourth-order valence-corrected chi connectivity index (χ4v) is 9.15. The quantitative estimate of drug-likeness (QED) is 0.134. The number of rotatable bonds is 5. The molecule has 4 fully saturated rings. The van der Waals surface area contributed by atoms with Crippen LogP contribution in [0.2, 0.25) is 0 Å². The van der Waals surface area contributed by atoms with Crippen LogP contribution in [-0.2, 0) is 14.3 Å². The van der Waals surface area contributed by atoms with Gasteiger partial charge >= 0.3 is 0 Å². The molecule has 0 aromatic heterocycles. The third-order valence-corrected chi connectivity index (χ3v) is 11.8. The van der Waals surface area contributed by atoms with Crippen LogP contribution >= 0.6 is 0 Å². The molecule has 9 rings (SSSR count). The molecule has 1 amide bonds. The van der Waals surface area contributed by atoms with Crippen molar-refractivity contribution in [3.05, 3.63) is 100 Å². The van der Waals surface area contributed by atoms with E-state index in [0.29, 0.717) is 29.7 Å². The predicted octanol–water partition coefficient (Wildman–Crippen LogP) is 0.0316. The van der Waals surface area contributed by atoms with Gasteiger partial charge in [-0.3, -0.25) is 30.8 Å². The van der Waals surface area contributed by atoms with Gasteiger partial charge in [0.2, 0.25) is 12.2 Å². The zero-order chi connectivity index (χ0) is 38.9. The van der Waals surface area contributed by atoms with Gasteiger partial charge in [-0.15, -0.1) is 0 Å². The first-order valence-electron chi connectivity index (χ1n) is 18.9. The Labute approximate surface area is 321 Å². The number of fused-ring (bicyclic) bond motifs is 7. The molecule has 9 atom stereocenters. The Morgan fingerprint density at radius 2 is 1.64 bits per heavy atom. The van der Waals surface area contributed by atoms with Crippen molar-refractivity contribution in [2.75, 3.05) is 24.8 Å². The fourth-order valence-electron chi connectivity index (χ4n) is 9.15. The molecule has 16 heteroatoms. The van der Waals surface area contributed by atoms with Crippen molar-refractivity contribution in [2.45, 2.75) is 86.4 Å². The van der Waals surface area contributed by atoms with Crippen molar-refractivity contribution in [1.29, 1.82) is 0 Å². The molecule has 4 aliphatic heterocycles. The topological polar surface area (TPSA) is 234 Å². The summed E-state index contributed by atoms with van der Waals surface area (Å²) in [6.45, 7) is -0.493. The van der Waals surface area contributed by atoms with Gasteiger partial charge in [0, 0.05) is 33.9 Å². The van der Waals surface area contributed by atoms with Crippen molar-refractivity contribution < 1.29 is 53.8 Å². The van der Waals surface area contributed by atoms with Crippen molar-refractivity contribution in [3.63, 3.8) is 0 Å². The van der Waals surface area contributed by atoms with E-state index in [2.05, 4.69) is 16.0 Å². The van der Waals surface area contributed by atoms with Crippen LogP contribution in [0, 0.1) is 0 Å². The number of nitrogens with one attached hydrogen (secondary N) is 3. The fraction of sp³-hybridized carbons (Fsp3) is 0.425.